The van der Waals surface area contributed by atoms with Crippen LogP contribution in [0, 0.1) is 5.92 Å². The predicted molar refractivity (Wildman–Crippen MR) is 121 cm³/mol. The van der Waals surface area contributed by atoms with Gasteiger partial charge in [0.05, 0.1) is 16.1 Å². The van der Waals surface area contributed by atoms with Gasteiger partial charge in [-0.2, -0.15) is 0 Å². The minimum atomic E-state index is 0.194. The van der Waals surface area contributed by atoms with Crippen molar-refractivity contribution in [2.75, 3.05) is 11.9 Å². The van der Waals surface area contributed by atoms with Crippen LogP contribution in [0.5, 0.6) is 5.75 Å². The van der Waals surface area contributed by atoms with Gasteiger partial charge in [0.25, 0.3) is 0 Å². The molecule has 3 heterocycles. The van der Waals surface area contributed by atoms with E-state index in [1.165, 1.54) is 0 Å². The molecule has 0 amide bonds. The first-order valence-corrected chi connectivity index (χ1v) is 10.3. The summed E-state index contributed by atoms with van der Waals surface area (Å²) in [5.41, 5.74) is 2.51. The minimum absolute atomic E-state index is 0.194. The van der Waals surface area contributed by atoms with Crippen LogP contribution in [0.25, 0.3) is 22.4 Å². The molecule has 0 fully saturated rings. The van der Waals surface area contributed by atoms with Gasteiger partial charge in [-0.25, -0.2) is 15.0 Å². The number of hydrogen-bond donors (Lipinski definition) is 2. The maximum atomic E-state index is 9.55. The first kappa shape index (κ1) is 21.0. The van der Waals surface area contributed by atoms with Gasteiger partial charge in [-0.3, -0.25) is 4.98 Å². The molecule has 7 nitrogen and oxygen atoms in total. The van der Waals surface area contributed by atoms with E-state index in [9.17, 15) is 5.11 Å². The zero-order valence-corrected chi connectivity index (χ0v) is 18.0. The highest BCUT2D eigenvalue weighted by atomic mass is 35.5. The lowest BCUT2D eigenvalue weighted by molar-refractivity contribution is 0.0925. The van der Waals surface area contributed by atoms with Gasteiger partial charge in [-0.1, -0.05) is 25.4 Å². The predicted octanol–water partition coefficient (Wildman–Crippen LogP) is 5.36. The Morgan fingerprint density at radius 3 is 2.58 bits per heavy atom. The smallest absolute Gasteiger partial charge is 0.165 e. The summed E-state index contributed by atoms with van der Waals surface area (Å²) in [5.74, 6) is 1.72. The second kappa shape index (κ2) is 9.24. The normalized spacial score (nSPS) is 11.2. The van der Waals surface area contributed by atoms with Crippen LogP contribution >= 0.6 is 11.6 Å². The lowest BCUT2D eigenvalue weighted by atomic mass is 10.2. The van der Waals surface area contributed by atoms with Crippen molar-refractivity contribution >= 4 is 34.1 Å². The Kier molecular flexibility index (Phi) is 6.25. The Morgan fingerprint density at radius 1 is 1.03 bits per heavy atom. The standard InChI is InChI=1S/C23H22ClN5O2/c1-14(2)12-31-13-20-28-22(26-15-5-7-16(30)8-6-15)17-9-10-19(27-23(17)29-20)21-18(24)4-3-11-25-21/h3-11,14,30H,12-13H2,1-2H3,(H,26,27,28,29). The monoisotopic (exact) mass is 435 g/mol. The van der Waals surface area contributed by atoms with Crippen LogP contribution in [-0.4, -0.2) is 31.6 Å². The molecule has 2 N–H and O–H groups in total. The SMILES string of the molecule is CC(C)COCc1nc(Nc2ccc(O)cc2)c2ccc(-c3ncccc3Cl)nc2n1. The Hall–Kier alpha value is -3.29. The third kappa shape index (κ3) is 5.07. The Bertz CT molecular complexity index is 1200. The third-order valence-corrected chi connectivity index (χ3v) is 4.72. The number of benzene rings is 1. The number of phenols is 1. The number of ether oxygens (including phenoxy) is 1. The number of nitrogens with zero attached hydrogens (tertiary/aromatic N) is 4. The molecule has 4 rings (SSSR count). The maximum absolute atomic E-state index is 9.55. The first-order valence-electron chi connectivity index (χ1n) is 9.92. The average molecular weight is 436 g/mol. The molecule has 3 aromatic heterocycles. The molecule has 0 aliphatic heterocycles. The van der Waals surface area contributed by atoms with Crippen LogP contribution in [0.1, 0.15) is 19.7 Å². The third-order valence-electron chi connectivity index (χ3n) is 4.42. The summed E-state index contributed by atoms with van der Waals surface area (Å²) < 4.78 is 5.74. The Morgan fingerprint density at radius 2 is 1.84 bits per heavy atom. The summed E-state index contributed by atoms with van der Waals surface area (Å²) in [5, 5.41) is 14.1. The fourth-order valence-corrected chi connectivity index (χ4v) is 3.21. The summed E-state index contributed by atoms with van der Waals surface area (Å²) in [7, 11) is 0. The zero-order valence-electron chi connectivity index (χ0n) is 17.2. The van der Waals surface area contributed by atoms with E-state index >= 15 is 0 Å². The van der Waals surface area contributed by atoms with Gasteiger partial charge in [0.2, 0.25) is 0 Å². The summed E-state index contributed by atoms with van der Waals surface area (Å²) in [6.07, 6.45) is 1.68. The summed E-state index contributed by atoms with van der Waals surface area (Å²) in [6, 6.07) is 14.1. The van der Waals surface area contributed by atoms with Gasteiger partial charge < -0.3 is 15.2 Å². The summed E-state index contributed by atoms with van der Waals surface area (Å²) in [4.78, 5) is 18.3. The van der Waals surface area contributed by atoms with Gasteiger partial charge in [0, 0.05) is 18.5 Å². The maximum Gasteiger partial charge on any atom is 0.165 e. The van der Waals surface area contributed by atoms with E-state index in [-0.39, 0.29) is 12.4 Å². The van der Waals surface area contributed by atoms with Gasteiger partial charge in [-0.15, -0.1) is 0 Å². The number of aromatic nitrogens is 4. The Labute approximate surface area is 185 Å². The highest BCUT2D eigenvalue weighted by molar-refractivity contribution is 6.32. The second-order valence-electron chi connectivity index (χ2n) is 7.47. The van der Waals surface area contributed by atoms with E-state index < -0.39 is 0 Å². The molecule has 0 unspecified atom stereocenters. The number of hydrogen-bond acceptors (Lipinski definition) is 7. The van der Waals surface area contributed by atoms with Crippen LogP contribution < -0.4 is 5.32 Å². The zero-order chi connectivity index (χ0) is 21.8. The molecule has 0 aliphatic rings. The lowest BCUT2D eigenvalue weighted by Crippen LogP contribution is -2.07. The van der Waals surface area contributed by atoms with E-state index in [0.29, 0.717) is 46.2 Å². The van der Waals surface area contributed by atoms with Crippen molar-refractivity contribution in [3.05, 3.63) is 65.6 Å². The van der Waals surface area contributed by atoms with Crippen molar-refractivity contribution in [3.8, 4) is 17.1 Å². The molecular weight excluding hydrogens is 414 g/mol. The van der Waals surface area contributed by atoms with Gasteiger partial charge in [0.15, 0.2) is 11.5 Å². The molecular formula is C23H22ClN5O2. The topological polar surface area (TPSA) is 93.0 Å². The van der Waals surface area contributed by atoms with Crippen LogP contribution in [0.2, 0.25) is 5.02 Å². The Balaban J connectivity index is 1.76. The van der Waals surface area contributed by atoms with E-state index in [4.69, 9.17) is 21.3 Å². The van der Waals surface area contributed by atoms with Gasteiger partial charge in [-0.05, 0) is 54.4 Å². The number of halogens is 1. The molecule has 158 valence electrons. The van der Waals surface area contributed by atoms with Crippen LogP contribution in [0.4, 0.5) is 11.5 Å². The molecule has 1 aromatic carbocycles. The van der Waals surface area contributed by atoms with E-state index in [1.807, 2.05) is 12.1 Å². The van der Waals surface area contributed by atoms with E-state index in [1.54, 1.807) is 42.6 Å². The van der Waals surface area contributed by atoms with Crippen molar-refractivity contribution in [1.29, 1.82) is 0 Å². The van der Waals surface area contributed by atoms with Crippen LogP contribution in [0.15, 0.2) is 54.7 Å². The van der Waals surface area contributed by atoms with Crippen molar-refractivity contribution in [1.82, 2.24) is 19.9 Å². The first-order chi connectivity index (χ1) is 15.0. The molecule has 31 heavy (non-hydrogen) atoms. The van der Waals surface area contributed by atoms with E-state index in [2.05, 4.69) is 34.1 Å². The molecule has 0 radical (unpaired) electrons. The molecule has 0 saturated carbocycles. The highest BCUT2D eigenvalue weighted by Gasteiger charge is 2.13. The van der Waals surface area contributed by atoms with Crippen LogP contribution in [0.3, 0.4) is 0 Å². The number of rotatable bonds is 7. The molecule has 0 atom stereocenters. The van der Waals surface area contributed by atoms with Crippen molar-refractivity contribution < 1.29 is 9.84 Å². The van der Waals surface area contributed by atoms with Crippen molar-refractivity contribution in [2.24, 2.45) is 5.92 Å². The molecule has 0 spiro atoms. The summed E-state index contributed by atoms with van der Waals surface area (Å²) >= 11 is 6.30. The van der Waals surface area contributed by atoms with Crippen LogP contribution in [-0.2, 0) is 11.3 Å². The van der Waals surface area contributed by atoms with E-state index in [0.717, 1.165) is 11.1 Å². The van der Waals surface area contributed by atoms with Crippen molar-refractivity contribution in [3.63, 3.8) is 0 Å². The minimum Gasteiger partial charge on any atom is -0.508 e. The molecule has 0 bridgehead atoms. The summed E-state index contributed by atoms with van der Waals surface area (Å²) in [6.45, 7) is 5.06. The number of anilines is 2. The molecule has 0 saturated heterocycles. The molecule has 0 aliphatic carbocycles. The number of nitrogens with one attached hydrogen (secondary N) is 1. The number of aromatic hydroxyl groups is 1. The average Bonchev–Trinajstić information content (AvgIpc) is 2.75. The molecule has 4 aromatic rings. The number of fused-ring (bicyclic) bond motifs is 1. The van der Waals surface area contributed by atoms with Gasteiger partial charge >= 0.3 is 0 Å². The molecule has 8 heteroatoms. The number of phenolic OH excluding ortho intramolecular Hbond substituents is 1. The number of pyridine rings is 2. The fourth-order valence-electron chi connectivity index (χ4n) is 2.99. The quantitative estimate of drug-likeness (QED) is 0.377. The van der Waals surface area contributed by atoms with Gasteiger partial charge in [0.1, 0.15) is 23.9 Å². The fraction of sp³-hybridized carbons (Fsp3) is 0.217. The van der Waals surface area contributed by atoms with Crippen molar-refractivity contribution in [2.45, 2.75) is 20.5 Å². The highest BCUT2D eigenvalue weighted by Crippen LogP contribution is 2.29. The lowest BCUT2D eigenvalue weighted by Gasteiger charge is -2.12. The second-order valence-corrected chi connectivity index (χ2v) is 7.88. The largest absolute Gasteiger partial charge is 0.508 e.